The van der Waals surface area contributed by atoms with Crippen LogP contribution in [0.2, 0.25) is 0 Å². The van der Waals surface area contributed by atoms with Crippen LogP contribution in [0.5, 0.6) is 0 Å². The third kappa shape index (κ3) is 11.6. The van der Waals surface area contributed by atoms with Crippen LogP contribution in [-0.4, -0.2) is 61.2 Å². The molecule has 1 aliphatic heterocycles. The molecular formula is C52H57N3O7S. The van der Waals surface area contributed by atoms with Crippen LogP contribution in [0, 0.1) is 12.8 Å². The molecule has 1 fully saturated rings. The molecule has 0 bridgehead atoms. The van der Waals surface area contributed by atoms with Crippen molar-refractivity contribution in [1.82, 2.24) is 14.9 Å². The van der Waals surface area contributed by atoms with Gasteiger partial charge in [-0.25, -0.2) is 8.42 Å². The Hall–Kier alpha value is -5.50. The number of aliphatic hydroxyl groups excluding tert-OH is 2. The van der Waals surface area contributed by atoms with Gasteiger partial charge in [0.1, 0.15) is 6.04 Å². The number of carbonyl (C=O) groups excluding carboxylic acids is 1. The third-order valence-corrected chi connectivity index (χ3v) is 13.5. The van der Waals surface area contributed by atoms with Crippen molar-refractivity contribution >= 4 is 15.9 Å². The fraction of sp³-hybridized carbons (Fsp3) is 0.288. The zero-order chi connectivity index (χ0) is 44.5. The summed E-state index contributed by atoms with van der Waals surface area (Å²) < 4.78 is 43.1. The van der Waals surface area contributed by atoms with Gasteiger partial charge in [0.2, 0.25) is 15.9 Å². The van der Waals surface area contributed by atoms with E-state index in [0.29, 0.717) is 6.54 Å². The lowest BCUT2D eigenvalue weighted by Gasteiger charge is -2.43. The van der Waals surface area contributed by atoms with Gasteiger partial charge in [-0.2, -0.15) is 4.72 Å². The molecule has 0 aliphatic carbocycles. The summed E-state index contributed by atoms with van der Waals surface area (Å²) in [6.07, 6.45) is -1.78. The number of hydrogen-bond donors (Lipinski definition) is 4. The SMILES string of the molecule is Cc1ccc(S(=O)(=O)N[C@H](Cc2ccccc2)C(=O)NCc2cccc(-c3cccc([C@H]4O[C@@H](CN(C)[C@H](C)[C@@H](O)c5ccccc5)[C@@H](C)[C@@H](c5ccc(CO)cc5)O4)c3)c2)cc1. The molecule has 1 aliphatic rings. The first-order chi connectivity index (χ1) is 30.4. The topological polar surface area (TPSA) is 137 Å². The highest BCUT2D eigenvalue weighted by atomic mass is 32.2. The summed E-state index contributed by atoms with van der Waals surface area (Å²) in [7, 11) is -1.98. The van der Waals surface area contributed by atoms with Gasteiger partial charge in [0, 0.05) is 30.6 Å². The molecule has 0 aromatic heterocycles. The van der Waals surface area contributed by atoms with Crippen LogP contribution in [-0.2, 0) is 43.9 Å². The molecule has 11 heteroatoms. The smallest absolute Gasteiger partial charge is 0.241 e. The van der Waals surface area contributed by atoms with Gasteiger partial charge in [-0.15, -0.1) is 0 Å². The van der Waals surface area contributed by atoms with Crippen LogP contribution in [0.1, 0.15) is 71.3 Å². The van der Waals surface area contributed by atoms with Crippen LogP contribution in [0.15, 0.2) is 163 Å². The standard InChI is InChI=1S/C52H57N3O7S/c1-35-21-27-46(28-22-35)63(59,60)54-47(30-38-13-7-5-8-14-38)51(58)53-32-40-15-11-18-43(29-40)44-19-12-20-45(31-44)52-61-48(33-55(4)37(3)49(57)41-16-9-6-10-17-41)36(2)50(62-52)42-25-23-39(34-56)24-26-42/h5-29,31,36-37,47-50,52,54,56-57H,30,32-34H2,1-4H3,(H,53,58)/t36-,37-,47-,48+,49-,50+,52+/m1/s1. The lowest BCUT2D eigenvalue weighted by atomic mass is 9.89. The first-order valence-electron chi connectivity index (χ1n) is 21.4. The quantitative estimate of drug-likeness (QED) is 0.0721. The number of hydrogen-bond acceptors (Lipinski definition) is 8. The molecule has 6 aromatic carbocycles. The van der Waals surface area contributed by atoms with Crippen molar-refractivity contribution in [2.24, 2.45) is 5.92 Å². The van der Waals surface area contributed by atoms with Crippen molar-refractivity contribution in [3.8, 4) is 11.1 Å². The van der Waals surface area contributed by atoms with Crippen molar-refractivity contribution in [2.75, 3.05) is 13.6 Å². The number of aliphatic hydroxyl groups is 2. The highest BCUT2D eigenvalue weighted by molar-refractivity contribution is 7.89. The van der Waals surface area contributed by atoms with E-state index in [2.05, 4.69) is 27.9 Å². The highest BCUT2D eigenvalue weighted by Gasteiger charge is 2.40. The molecular weight excluding hydrogens is 811 g/mol. The molecule has 0 saturated carbocycles. The number of likely N-dealkylation sites (N-methyl/N-ethyl adjacent to an activating group) is 1. The summed E-state index contributed by atoms with van der Waals surface area (Å²) >= 11 is 0. The molecule has 63 heavy (non-hydrogen) atoms. The van der Waals surface area contributed by atoms with Crippen molar-refractivity contribution in [3.63, 3.8) is 0 Å². The molecule has 1 amide bonds. The summed E-state index contributed by atoms with van der Waals surface area (Å²) in [5, 5.41) is 24.0. The Kier molecular flexibility index (Phi) is 15.0. The average Bonchev–Trinajstić information content (AvgIpc) is 3.31. The number of ether oxygens (including phenoxy) is 2. The van der Waals surface area contributed by atoms with Crippen LogP contribution in [0.3, 0.4) is 0 Å². The molecule has 0 radical (unpaired) electrons. The maximum Gasteiger partial charge on any atom is 0.241 e. The van der Waals surface area contributed by atoms with Gasteiger partial charge in [-0.3, -0.25) is 9.69 Å². The van der Waals surface area contributed by atoms with Gasteiger partial charge >= 0.3 is 0 Å². The first-order valence-corrected chi connectivity index (χ1v) is 22.9. The molecule has 7 atom stereocenters. The van der Waals surface area contributed by atoms with Crippen LogP contribution in [0.25, 0.3) is 11.1 Å². The number of amides is 1. The zero-order valence-electron chi connectivity index (χ0n) is 36.2. The van der Waals surface area contributed by atoms with Crippen LogP contribution >= 0.6 is 0 Å². The lowest BCUT2D eigenvalue weighted by Crippen LogP contribution is -2.47. The fourth-order valence-electron chi connectivity index (χ4n) is 8.00. The van der Waals surface area contributed by atoms with Crippen LogP contribution < -0.4 is 10.0 Å². The maximum atomic E-state index is 13.8. The minimum absolute atomic E-state index is 0.0483. The third-order valence-electron chi connectivity index (χ3n) is 12.0. The van der Waals surface area contributed by atoms with E-state index < -0.39 is 34.4 Å². The Morgan fingerprint density at radius 1 is 0.746 bits per heavy atom. The Morgan fingerprint density at radius 3 is 2.06 bits per heavy atom. The number of carbonyl (C=O) groups is 1. The number of rotatable bonds is 17. The van der Waals surface area contributed by atoms with E-state index in [1.807, 2.05) is 148 Å². The predicted octanol–water partition coefficient (Wildman–Crippen LogP) is 8.21. The summed E-state index contributed by atoms with van der Waals surface area (Å²) in [4.78, 5) is 16.0. The van der Waals surface area contributed by atoms with Gasteiger partial charge in [-0.1, -0.05) is 146 Å². The molecule has 1 heterocycles. The first kappa shape index (κ1) is 45.5. The van der Waals surface area contributed by atoms with E-state index in [4.69, 9.17) is 9.47 Å². The second-order valence-corrected chi connectivity index (χ2v) is 18.3. The largest absolute Gasteiger partial charge is 0.392 e. The monoisotopic (exact) mass is 867 g/mol. The molecule has 10 nitrogen and oxygen atoms in total. The summed E-state index contributed by atoms with van der Waals surface area (Å²) in [6.45, 7) is 6.71. The Balaban J connectivity index is 1.08. The predicted molar refractivity (Wildman–Crippen MR) is 246 cm³/mol. The van der Waals surface area contributed by atoms with Crippen molar-refractivity contribution < 1.29 is 32.9 Å². The maximum absolute atomic E-state index is 13.8. The Morgan fingerprint density at radius 2 is 1.38 bits per heavy atom. The van der Waals surface area contributed by atoms with Crippen molar-refractivity contribution in [3.05, 3.63) is 197 Å². The van der Waals surface area contributed by atoms with Gasteiger partial charge in [0.05, 0.1) is 29.8 Å². The van der Waals surface area contributed by atoms with Crippen molar-refractivity contribution in [1.29, 1.82) is 0 Å². The van der Waals surface area contributed by atoms with E-state index >= 15 is 0 Å². The molecule has 1 saturated heterocycles. The van der Waals surface area contributed by atoms with Crippen molar-refractivity contribution in [2.45, 2.75) is 81.9 Å². The van der Waals surface area contributed by atoms with Gasteiger partial charge in [-0.05, 0) is 90.5 Å². The molecule has 7 rings (SSSR count). The van der Waals surface area contributed by atoms with E-state index in [1.54, 1.807) is 12.1 Å². The summed E-state index contributed by atoms with van der Waals surface area (Å²) in [5.41, 5.74) is 7.94. The van der Waals surface area contributed by atoms with Gasteiger partial charge in [0.15, 0.2) is 6.29 Å². The van der Waals surface area contributed by atoms with E-state index in [9.17, 15) is 23.4 Å². The molecule has 4 N–H and O–H groups in total. The number of nitrogens with zero attached hydrogens (tertiary/aromatic N) is 1. The number of sulfonamides is 1. The second kappa shape index (κ2) is 20.8. The van der Waals surface area contributed by atoms with E-state index in [-0.39, 0.29) is 48.6 Å². The highest BCUT2D eigenvalue weighted by Crippen LogP contribution is 2.42. The van der Waals surface area contributed by atoms with Crippen LogP contribution in [0.4, 0.5) is 0 Å². The number of aryl methyl sites for hydroxylation is 1. The molecule has 0 spiro atoms. The summed E-state index contributed by atoms with van der Waals surface area (Å²) in [5.74, 6) is -0.488. The Labute approximate surface area is 371 Å². The fourth-order valence-corrected chi connectivity index (χ4v) is 9.19. The number of nitrogens with one attached hydrogen (secondary N) is 2. The average molecular weight is 868 g/mol. The zero-order valence-corrected chi connectivity index (χ0v) is 37.0. The summed E-state index contributed by atoms with van der Waals surface area (Å²) in [6, 6.07) is 48.1. The normalized spacial score (nSPS) is 19.3. The van der Waals surface area contributed by atoms with E-state index in [0.717, 1.165) is 50.1 Å². The molecule has 0 unspecified atom stereocenters. The molecule has 328 valence electrons. The lowest BCUT2D eigenvalue weighted by molar-refractivity contribution is -0.276. The molecule has 6 aromatic rings. The Bertz CT molecular complexity index is 2520. The van der Waals surface area contributed by atoms with E-state index in [1.165, 1.54) is 12.1 Å². The minimum Gasteiger partial charge on any atom is -0.392 e. The number of benzene rings is 6. The minimum atomic E-state index is -3.99. The van der Waals surface area contributed by atoms with Gasteiger partial charge in [0.25, 0.3) is 0 Å². The van der Waals surface area contributed by atoms with Gasteiger partial charge < -0.3 is 25.0 Å². The second-order valence-electron chi connectivity index (χ2n) is 16.6.